The number of hydrogen-bond donors (Lipinski definition) is 2. The number of fused-ring (bicyclic) bond motifs is 1. The van der Waals surface area contributed by atoms with Crippen molar-refractivity contribution in [2.24, 2.45) is 0 Å². The van der Waals surface area contributed by atoms with E-state index in [-0.39, 0.29) is 5.75 Å². The maximum Gasteiger partial charge on any atom is 0.213 e. The van der Waals surface area contributed by atoms with Crippen molar-refractivity contribution in [3.8, 4) is 0 Å². The Morgan fingerprint density at radius 2 is 1.79 bits per heavy atom. The van der Waals surface area contributed by atoms with Gasteiger partial charge in [0.05, 0.1) is 5.75 Å². The van der Waals surface area contributed by atoms with E-state index in [1.165, 1.54) is 0 Å². The number of nitrogens with one attached hydrogen (secondary N) is 2. The molecule has 0 aliphatic carbocycles. The van der Waals surface area contributed by atoms with Crippen molar-refractivity contribution in [3.05, 3.63) is 48.0 Å². The summed E-state index contributed by atoms with van der Waals surface area (Å²) in [5, 5.41) is 5.04. The molecule has 2 aromatic carbocycles. The Morgan fingerprint density at radius 3 is 2.58 bits per heavy atom. The van der Waals surface area contributed by atoms with Crippen molar-refractivity contribution in [3.63, 3.8) is 0 Å². The summed E-state index contributed by atoms with van der Waals surface area (Å²) >= 11 is 0. The lowest BCUT2D eigenvalue weighted by Gasteiger charge is -2.09. The van der Waals surface area contributed by atoms with Gasteiger partial charge in [-0.15, -0.1) is 0 Å². The Balaban J connectivity index is 2.14. The Bertz CT molecular complexity index is 648. The normalized spacial score (nSPS) is 11.8. The molecular formula is C14H18N2O2S. The molecule has 102 valence electrons. The van der Waals surface area contributed by atoms with Crippen LogP contribution in [0, 0.1) is 0 Å². The summed E-state index contributed by atoms with van der Waals surface area (Å²) in [6.45, 7) is 0.776. The zero-order valence-electron chi connectivity index (χ0n) is 10.9. The highest BCUT2D eigenvalue weighted by molar-refractivity contribution is 7.89. The molecule has 4 nitrogen and oxygen atoms in total. The lowest BCUT2D eigenvalue weighted by Crippen LogP contribution is -2.30. The van der Waals surface area contributed by atoms with Gasteiger partial charge < -0.3 is 5.32 Å². The molecule has 5 heteroatoms. The molecule has 19 heavy (non-hydrogen) atoms. The van der Waals surface area contributed by atoms with Crippen molar-refractivity contribution in [2.45, 2.75) is 6.54 Å². The van der Waals surface area contributed by atoms with E-state index in [0.717, 1.165) is 16.3 Å². The van der Waals surface area contributed by atoms with Crippen LogP contribution >= 0.6 is 0 Å². The van der Waals surface area contributed by atoms with Gasteiger partial charge in [-0.2, -0.15) is 0 Å². The summed E-state index contributed by atoms with van der Waals surface area (Å²) < 4.78 is 26.1. The minimum absolute atomic E-state index is 0.0915. The fourth-order valence-corrected chi connectivity index (χ4v) is 2.94. The molecule has 0 bridgehead atoms. The first-order valence-corrected chi connectivity index (χ1v) is 7.86. The molecule has 0 aliphatic rings. The van der Waals surface area contributed by atoms with Gasteiger partial charge in [0.2, 0.25) is 10.0 Å². The Morgan fingerprint density at radius 1 is 1.05 bits per heavy atom. The SMILES string of the molecule is CNCCS(=O)(=O)NCc1cccc2ccccc12. The number of benzene rings is 2. The molecular weight excluding hydrogens is 260 g/mol. The van der Waals surface area contributed by atoms with E-state index < -0.39 is 10.0 Å². The second kappa shape index (κ2) is 6.14. The smallest absolute Gasteiger partial charge is 0.213 e. The zero-order valence-corrected chi connectivity index (χ0v) is 11.7. The van der Waals surface area contributed by atoms with E-state index >= 15 is 0 Å². The van der Waals surface area contributed by atoms with Crippen LogP contribution in [0.15, 0.2) is 42.5 Å². The molecule has 2 N–H and O–H groups in total. The predicted molar refractivity (Wildman–Crippen MR) is 78.5 cm³/mol. The van der Waals surface area contributed by atoms with Crippen LogP contribution in [0.4, 0.5) is 0 Å². The van der Waals surface area contributed by atoms with E-state index in [4.69, 9.17) is 0 Å². The number of sulfonamides is 1. The van der Waals surface area contributed by atoms with Crippen LogP contribution in [0.5, 0.6) is 0 Å². The minimum atomic E-state index is -3.22. The molecule has 2 rings (SSSR count). The highest BCUT2D eigenvalue weighted by Gasteiger charge is 2.09. The molecule has 0 amide bonds. The van der Waals surface area contributed by atoms with Crippen LogP contribution in [0.1, 0.15) is 5.56 Å². The topological polar surface area (TPSA) is 58.2 Å². The molecule has 0 radical (unpaired) electrons. The molecule has 0 spiro atoms. The maximum absolute atomic E-state index is 11.7. The highest BCUT2D eigenvalue weighted by Crippen LogP contribution is 2.18. The molecule has 0 saturated heterocycles. The first-order valence-electron chi connectivity index (χ1n) is 6.21. The number of hydrogen-bond acceptors (Lipinski definition) is 3. The minimum Gasteiger partial charge on any atom is -0.319 e. The standard InChI is InChI=1S/C14H18N2O2S/c1-15-9-10-19(17,18)16-11-13-7-4-6-12-5-2-3-8-14(12)13/h2-8,15-16H,9-11H2,1H3. The molecule has 0 aliphatic heterocycles. The Labute approximate surface area is 113 Å². The fraction of sp³-hybridized carbons (Fsp3) is 0.286. The second-order valence-corrected chi connectivity index (χ2v) is 6.31. The molecule has 0 saturated carbocycles. The van der Waals surface area contributed by atoms with Gasteiger partial charge in [-0.05, 0) is 23.4 Å². The third kappa shape index (κ3) is 3.76. The van der Waals surface area contributed by atoms with Crippen LogP contribution in [-0.2, 0) is 16.6 Å². The lowest BCUT2D eigenvalue weighted by molar-refractivity contribution is 0.579. The quantitative estimate of drug-likeness (QED) is 0.841. The van der Waals surface area contributed by atoms with Crippen molar-refractivity contribution in [1.29, 1.82) is 0 Å². The van der Waals surface area contributed by atoms with Gasteiger partial charge in [-0.3, -0.25) is 0 Å². The largest absolute Gasteiger partial charge is 0.319 e. The van der Waals surface area contributed by atoms with Gasteiger partial charge in [0.15, 0.2) is 0 Å². The van der Waals surface area contributed by atoms with Crippen molar-refractivity contribution in [1.82, 2.24) is 10.0 Å². The van der Waals surface area contributed by atoms with Crippen molar-refractivity contribution >= 4 is 20.8 Å². The summed E-state index contributed by atoms with van der Waals surface area (Å²) in [5.74, 6) is 0.0915. The van der Waals surface area contributed by atoms with Crippen molar-refractivity contribution in [2.75, 3.05) is 19.3 Å². The summed E-state index contributed by atoms with van der Waals surface area (Å²) in [6.07, 6.45) is 0. The third-order valence-electron chi connectivity index (χ3n) is 2.98. The monoisotopic (exact) mass is 278 g/mol. The molecule has 2 aromatic rings. The van der Waals surface area contributed by atoms with Crippen LogP contribution in [0.25, 0.3) is 10.8 Å². The predicted octanol–water partition coefficient (Wildman–Crippen LogP) is 1.48. The van der Waals surface area contributed by atoms with Crippen LogP contribution in [-0.4, -0.2) is 27.8 Å². The van der Waals surface area contributed by atoms with Crippen LogP contribution < -0.4 is 10.0 Å². The van der Waals surface area contributed by atoms with Crippen molar-refractivity contribution < 1.29 is 8.42 Å². The summed E-state index contributed by atoms with van der Waals surface area (Å²) in [4.78, 5) is 0. The second-order valence-electron chi connectivity index (χ2n) is 4.38. The van der Waals surface area contributed by atoms with E-state index in [1.54, 1.807) is 7.05 Å². The zero-order chi connectivity index (χ0) is 13.7. The van der Waals surface area contributed by atoms with E-state index in [9.17, 15) is 8.42 Å². The molecule has 0 fully saturated rings. The third-order valence-corrected chi connectivity index (χ3v) is 4.31. The average molecular weight is 278 g/mol. The maximum atomic E-state index is 11.7. The van der Waals surface area contributed by atoms with Gasteiger partial charge in [-0.1, -0.05) is 42.5 Å². The summed E-state index contributed by atoms with van der Waals surface area (Å²) in [5.41, 5.74) is 0.992. The molecule has 0 unspecified atom stereocenters. The van der Waals surface area contributed by atoms with E-state index in [0.29, 0.717) is 13.1 Å². The van der Waals surface area contributed by atoms with Crippen LogP contribution in [0.3, 0.4) is 0 Å². The van der Waals surface area contributed by atoms with Gasteiger partial charge >= 0.3 is 0 Å². The van der Waals surface area contributed by atoms with E-state index in [1.807, 2.05) is 42.5 Å². The summed E-state index contributed by atoms with van der Waals surface area (Å²) in [6, 6.07) is 13.9. The summed E-state index contributed by atoms with van der Waals surface area (Å²) in [7, 11) is -1.49. The van der Waals surface area contributed by atoms with Crippen LogP contribution in [0.2, 0.25) is 0 Å². The fourth-order valence-electron chi connectivity index (χ4n) is 1.94. The number of rotatable bonds is 6. The van der Waals surface area contributed by atoms with Gasteiger partial charge in [0.25, 0.3) is 0 Å². The highest BCUT2D eigenvalue weighted by atomic mass is 32.2. The van der Waals surface area contributed by atoms with Gasteiger partial charge in [0, 0.05) is 13.1 Å². The first kappa shape index (κ1) is 14.0. The molecule has 0 aromatic heterocycles. The first-order chi connectivity index (χ1) is 9.12. The average Bonchev–Trinajstić information content (AvgIpc) is 2.43. The lowest BCUT2D eigenvalue weighted by atomic mass is 10.1. The Kier molecular flexibility index (Phi) is 4.52. The Hall–Kier alpha value is -1.43. The molecule has 0 atom stereocenters. The van der Waals surface area contributed by atoms with E-state index in [2.05, 4.69) is 10.0 Å². The van der Waals surface area contributed by atoms with Gasteiger partial charge in [0.1, 0.15) is 0 Å². The van der Waals surface area contributed by atoms with Gasteiger partial charge in [-0.25, -0.2) is 13.1 Å². The molecule has 0 heterocycles.